The summed E-state index contributed by atoms with van der Waals surface area (Å²) in [7, 11) is 0. The van der Waals surface area contributed by atoms with Gasteiger partial charge in [0.15, 0.2) is 0 Å². The van der Waals surface area contributed by atoms with Gasteiger partial charge in [-0.1, -0.05) is 70.4 Å². The molecule has 3 nitrogen and oxygen atoms in total. The molecule has 3 heteroatoms. The van der Waals surface area contributed by atoms with Crippen LogP contribution in [-0.4, -0.2) is 22.3 Å². The van der Waals surface area contributed by atoms with E-state index < -0.39 is 5.97 Å². The van der Waals surface area contributed by atoms with E-state index in [1.807, 2.05) is 6.08 Å². The second-order valence-electron chi connectivity index (χ2n) is 5.90. The largest absolute Gasteiger partial charge is 0.481 e. The minimum absolute atomic E-state index is 0.259. The van der Waals surface area contributed by atoms with Gasteiger partial charge in [0.2, 0.25) is 0 Å². The first-order chi connectivity index (χ1) is 10.2. The summed E-state index contributed by atoms with van der Waals surface area (Å²) >= 11 is 0. The van der Waals surface area contributed by atoms with Gasteiger partial charge in [0, 0.05) is 6.42 Å². The molecule has 0 rings (SSSR count). The van der Waals surface area contributed by atoms with E-state index in [1.54, 1.807) is 0 Å². The van der Waals surface area contributed by atoms with Gasteiger partial charge in [-0.15, -0.1) is 0 Å². The molecule has 21 heavy (non-hydrogen) atoms. The van der Waals surface area contributed by atoms with E-state index in [-0.39, 0.29) is 6.10 Å². The topological polar surface area (TPSA) is 57.5 Å². The SMILES string of the molecule is CCCCCC(O)/C=C/CCCCCCCCCC(=O)O. The van der Waals surface area contributed by atoms with Crippen LogP contribution in [0.15, 0.2) is 12.2 Å². The van der Waals surface area contributed by atoms with Crippen LogP contribution in [0.5, 0.6) is 0 Å². The number of hydrogen-bond donors (Lipinski definition) is 2. The molecule has 0 aliphatic rings. The molecule has 124 valence electrons. The average Bonchev–Trinajstić information content (AvgIpc) is 2.44. The first-order valence-electron chi connectivity index (χ1n) is 8.73. The molecule has 0 amide bonds. The second kappa shape index (κ2) is 15.6. The summed E-state index contributed by atoms with van der Waals surface area (Å²) in [5.41, 5.74) is 0. The fraction of sp³-hybridized carbons (Fsp3) is 0.833. The van der Waals surface area contributed by atoms with Crippen molar-refractivity contribution in [3.8, 4) is 0 Å². The van der Waals surface area contributed by atoms with Crippen LogP contribution in [0.25, 0.3) is 0 Å². The fourth-order valence-corrected chi connectivity index (χ4v) is 2.38. The summed E-state index contributed by atoms with van der Waals surface area (Å²) in [5.74, 6) is -0.682. The summed E-state index contributed by atoms with van der Waals surface area (Å²) in [5, 5.41) is 18.2. The van der Waals surface area contributed by atoms with Crippen LogP contribution in [-0.2, 0) is 4.79 Å². The predicted molar refractivity (Wildman–Crippen MR) is 88.5 cm³/mol. The highest BCUT2D eigenvalue weighted by Crippen LogP contribution is 2.10. The van der Waals surface area contributed by atoms with Crippen molar-refractivity contribution in [1.82, 2.24) is 0 Å². The number of allylic oxidation sites excluding steroid dienone is 1. The van der Waals surface area contributed by atoms with Crippen LogP contribution in [0, 0.1) is 0 Å². The lowest BCUT2D eigenvalue weighted by molar-refractivity contribution is -0.137. The van der Waals surface area contributed by atoms with Gasteiger partial charge in [-0.25, -0.2) is 0 Å². The number of aliphatic hydroxyl groups excluding tert-OH is 1. The molecule has 1 atom stereocenters. The van der Waals surface area contributed by atoms with Gasteiger partial charge in [-0.3, -0.25) is 4.79 Å². The summed E-state index contributed by atoms with van der Waals surface area (Å²) < 4.78 is 0. The molecule has 0 saturated heterocycles. The number of hydrogen-bond acceptors (Lipinski definition) is 2. The molecule has 0 spiro atoms. The minimum Gasteiger partial charge on any atom is -0.481 e. The van der Waals surface area contributed by atoms with Gasteiger partial charge in [0.1, 0.15) is 0 Å². The fourth-order valence-electron chi connectivity index (χ4n) is 2.38. The van der Waals surface area contributed by atoms with Crippen molar-refractivity contribution in [2.75, 3.05) is 0 Å². The van der Waals surface area contributed by atoms with Gasteiger partial charge >= 0.3 is 5.97 Å². The first kappa shape index (κ1) is 20.2. The molecule has 2 N–H and O–H groups in total. The zero-order valence-electron chi connectivity index (χ0n) is 13.7. The van der Waals surface area contributed by atoms with E-state index in [9.17, 15) is 9.90 Å². The van der Waals surface area contributed by atoms with Crippen molar-refractivity contribution in [3.63, 3.8) is 0 Å². The molecular formula is C18H34O3. The van der Waals surface area contributed by atoms with Crippen LogP contribution in [0.1, 0.15) is 90.4 Å². The van der Waals surface area contributed by atoms with Crippen LogP contribution in [0.3, 0.4) is 0 Å². The van der Waals surface area contributed by atoms with Crippen molar-refractivity contribution in [1.29, 1.82) is 0 Å². The zero-order valence-corrected chi connectivity index (χ0v) is 13.7. The number of carboxylic acid groups (broad SMARTS) is 1. The van der Waals surface area contributed by atoms with E-state index in [0.29, 0.717) is 6.42 Å². The predicted octanol–water partition coefficient (Wildman–Crippen LogP) is 5.08. The minimum atomic E-state index is -0.682. The average molecular weight is 298 g/mol. The Morgan fingerprint density at radius 3 is 2.19 bits per heavy atom. The highest BCUT2D eigenvalue weighted by Gasteiger charge is 1.98. The van der Waals surface area contributed by atoms with Gasteiger partial charge in [0.05, 0.1) is 6.10 Å². The summed E-state index contributed by atoms with van der Waals surface area (Å²) in [6.45, 7) is 2.17. The van der Waals surface area contributed by atoms with Crippen molar-refractivity contribution >= 4 is 5.97 Å². The van der Waals surface area contributed by atoms with Gasteiger partial charge < -0.3 is 10.2 Å². The summed E-state index contributed by atoms with van der Waals surface area (Å²) in [6, 6.07) is 0. The van der Waals surface area contributed by atoms with E-state index in [1.165, 1.54) is 38.5 Å². The number of rotatable bonds is 15. The van der Waals surface area contributed by atoms with Crippen molar-refractivity contribution in [3.05, 3.63) is 12.2 Å². The third kappa shape index (κ3) is 17.1. The standard InChI is InChI=1S/C18H34O3/c1-2-3-11-14-17(19)15-12-9-7-5-4-6-8-10-13-16-18(20)21/h12,15,17,19H,2-11,13-14,16H2,1H3,(H,20,21)/b15-12+. The molecular weight excluding hydrogens is 264 g/mol. The highest BCUT2D eigenvalue weighted by atomic mass is 16.4. The highest BCUT2D eigenvalue weighted by molar-refractivity contribution is 5.66. The maximum absolute atomic E-state index is 10.3. The van der Waals surface area contributed by atoms with Crippen molar-refractivity contribution in [2.24, 2.45) is 0 Å². The molecule has 0 aromatic carbocycles. The third-order valence-corrected chi connectivity index (χ3v) is 3.72. The number of aliphatic carboxylic acids is 1. The van der Waals surface area contributed by atoms with Crippen LogP contribution in [0.2, 0.25) is 0 Å². The normalized spacial score (nSPS) is 12.9. The van der Waals surface area contributed by atoms with E-state index in [2.05, 4.69) is 13.0 Å². The van der Waals surface area contributed by atoms with Gasteiger partial charge in [-0.2, -0.15) is 0 Å². The Labute approximate surface area is 130 Å². The molecule has 0 saturated carbocycles. The molecule has 0 aliphatic heterocycles. The second-order valence-corrected chi connectivity index (χ2v) is 5.90. The Bertz CT molecular complexity index is 261. The molecule has 0 fully saturated rings. The van der Waals surface area contributed by atoms with Crippen LogP contribution in [0.4, 0.5) is 0 Å². The lowest BCUT2D eigenvalue weighted by Gasteiger charge is -2.04. The van der Waals surface area contributed by atoms with Crippen molar-refractivity contribution < 1.29 is 15.0 Å². The summed E-state index contributed by atoms with van der Waals surface area (Å²) in [6.07, 6.45) is 17.5. The summed E-state index contributed by atoms with van der Waals surface area (Å²) in [4.78, 5) is 10.3. The quantitative estimate of drug-likeness (QED) is 0.327. The molecule has 0 aliphatic carbocycles. The lowest BCUT2D eigenvalue weighted by atomic mass is 10.1. The Morgan fingerprint density at radius 1 is 0.952 bits per heavy atom. The number of carboxylic acids is 1. The Morgan fingerprint density at radius 2 is 1.57 bits per heavy atom. The Kier molecular flexibility index (Phi) is 14.9. The van der Waals surface area contributed by atoms with E-state index in [4.69, 9.17) is 5.11 Å². The first-order valence-corrected chi connectivity index (χ1v) is 8.73. The maximum atomic E-state index is 10.3. The number of aliphatic hydroxyl groups is 1. The zero-order chi connectivity index (χ0) is 15.8. The monoisotopic (exact) mass is 298 g/mol. The van der Waals surface area contributed by atoms with Crippen molar-refractivity contribution in [2.45, 2.75) is 96.5 Å². The van der Waals surface area contributed by atoms with Crippen LogP contribution < -0.4 is 0 Å². The van der Waals surface area contributed by atoms with Gasteiger partial charge in [0.25, 0.3) is 0 Å². The smallest absolute Gasteiger partial charge is 0.303 e. The van der Waals surface area contributed by atoms with Gasteiger partial charge in [-0.05, 0) is 25.7 Å². The Hall–Kier alpha value is -0.830. The molecule has 0 heterocycles. The van der Waals surface area contributed by atoms with Crippen LogP contribution >= 0.6 is 0 Å². The lowest BCUT2D eigenvalue weighted by Crippen LogP contribution is -2.01. The number of carbonyl (C=O) groups is 1. The molecule has 0 radical (unpaired) electrons. The molecule has 0 bridgehead atoms. The molecule has 0 aromatic heterocycles. The van der Waals surface area contributed by atoms with E-state index in [0.717, 1.165) is 38.5 Å². The molecule has 0 aromatic rings. The van der Waals surface area contributed by atoms with E-state index >= 15 is 0 Å². The Balaban J connectivity index is 3.22. The number of unbranched alkanes of at least 4 members (excludes halogenated alkanes) is 9. The maximum Gasteiger partial charge on any atom is 0.303 e. The third-order valence-electron chi connectivity index (χ3n) is 3.72. The molecule has 1 unspecified atom stereocenters.